The van der Waals surface area contributed by atoms with Gasteiger partial charge < -0.3 is 20.5 Å². The molecule has 280 valence electrons. The summed E-state index contributed by atoms with van der Waals surface area (Å²) in [6.07, 6.45) is 12.7. The summed E-state index contributed by atoms with van der Waals surface area (Å²) in [5.41, 5.74) is 16.4. The van der Waals surface area contributed by atoms with Crippen LogP contribution in [0.5, 0.6) is 11.5 Å². The van der Waals surface area contributed by atoms with Crippen LogP contribution in [-0.2, 0) is 17.6 Å². The van der Waals surface area contributed by atoms with Crippen molar-refractivity contribution >= 4 is 45.9 Å². The third-order valence-electron chi connectivity index (χ3n) is 11.3. The van der Waals surface area contributed by atoms with Crippen LogP contribution in [0.2, 0.25) is 5.02 Å². The number of carbonyl (C=O) groups is 1. The van der Waals surface area contributed by atoms with E-state index in [0.29, 0.717) is 23.3 Å². The zero-order valence-electron chi connectivity index (χ0n) is 31.2. The Morgan fingerprint density at radius 2 is 1.83 bits per heavy atom. The highest BCUT2D eigenvalue weighted by Crippen LogP contribution is 2.47. The number of methoxy groups -OCH3 is 2. The summed E-state index contributed by atoms with van der Waals surface area (Å²) in [5.74, 6) is 4.66. The van der Waals surface area contributed by atoms with Gasteiger partial charge >= 0.3 is 0 Å². The minimum absolute atomic E-state index is 0.168. The number of allylic oxidation sites excluding steroid dienone is 2. The molecule has 1 unspecified atom stereocenters. The molecule has 1 aromatic heterocycles. The summed E-state index contributed by atoms with van der Waals surface area (Å²) < 4.78 is 11.3. The van der Waals surface area contributed by atoms with Crippen LogP contribution >= 0.6 is 23.4 Å². The zero-order valence-corrected chi connectivity index (χ0v) is 32.7. The highest BCUT2D eigenvalue weighted by molar-refractivity contribution is 7.99. The van der Waals surface area contributed by atoms with Crippen LogP contribution in [0.1, 0.15) is 91.3 Å². The van der Waals surface area contributed by atoms with Gasteiger partial charge in [0, 0.05) is 52.6 Å². The molecule has 0 saturated heterocycles. The molecule has 0 saturated carbocycles. The first kappa shape index (κ1) is 37.6. The Kier molecular flexibility index (Phi) is 12.5. The number of carbonyl (C=O) groups excluding carboxylic acids is 1. The molecular weight excluding hydrogens is 700 g/mol. The number of fused-ring (bicyclic) bond motifs is 6. The van der Waals surface area contributed by atoms with Crippen LogP contribution in [-0.4, -0.2) is 61.2 Å². The Hall–Kier alpha value is -3.72. The molecule has 1 aliphatic heterocycles. The van der Waals surface area contributed by atoms with E-state index in [1.165, 1.54) is 27.8 Å². The van der Waals surface area contributed by atoms with E-state index in [0.717, 1.165) is 123 Å². The molecule has 3 aliphatic rings. The maximum Gasteiger partial charge on any atom is 0.220 e. The molecule has 1 amide bonds. The largest absolute Gasteiger partial charge is 0.493 e. The van der Waals surface area contributed by atoms with E-state index in [1.807, 2.05) is 30.0 Å². The van der Waals surface area contributed by atoms with Gasteiger partial charge in [-0.05, 0) is 129 Å². The molecule has 0 fully saturated rings. The first-order valence-corrected chi connectivity index (χ1v) is 20.9. The number of hydrogen-bond acceptors (Lipinski definition) is 7. The number of nitrogens with one attached hydrogen (secondary N) is 1. The Balaban J connectivity index is 0.788. The molecule has 2 bridgehead atoms. The molecule has 9 heteroatoms. The number of halogens is 1. The van der Waals surface area contributed by atoms with Crippen molar-refractivity contribution in [2.45, 2.75) is 76.2 Å². The molecule has 53 heavy (non-hydrogen) atoms. The van der Waals surface area contributed by atoms with Crippen molar-refractivity contribution in [1.29, 1.82) is 0 Å². The van der Waals surface area contributed by atoms with Gasteiger partial charge in [-0.2, -0.15) is 11.8 Å². The number of nitrogens with two attached hydrogens (primary N) is 1. The fourth-order valence-corrected chi connectivity index (χ4v) is 9.92. The number of rotatable bonds is 16. The van der Waals surface area contributed by atoms with Crippen LogP contribution in [0.25, 0.3) is 10.9 Å². The smallest absolute Gasteiger partial charge is 0.220 e. The third kappa shape index (κ3) is 8.82. The van der Waals surface area contributed by atoms with Crippen LogP contribution < -0.4 is 20.5 Å². The van der Waals surface area contributed by atoms with Crippen LogP contribution in [0.4, 0.5) is 5.69 Å². The van der Waals surface area contributed by atoms with Crippen LogP contribution in [0.15, 0.2) is 72.3 Å². The van der Waals surface area contributed by atoms with Gasteiger partial charge in [0.15, 0.2) is 11.5 Å². The van der Waals surface area contributed by atoms with E-state index in [2.05, 4.69) is 58.8 Å². The predicted molar refractivity (Wildman–Crippen MR) is 220 cm³/mol. The molecule has 7 rings (SSSR count). The highest BCUT2D eigenvalue weighted by Gasteiger charge is 2.34. The number of ether oxygens (including phenoxy) is 2. The van der Waals surface area contributed by atoms with Crippen molar-refractivity contribution in [1.82, 2.24) is 15.2 Å². The quantitative estimate of drug-likeness (QED) is 0.0871. The Labute approximate surface area is 324 Å². The van der Waals surface area contributed by atoms with Gasteiger partial charge in [-0.1, -0.05) is 53.6 Å². The normalized spacial score (nSPS) is 19.3. The monoisotopic (exact) mass is 752 g/mol. The lowest BCUT2D eigenvalue weighted by atomic mass is 9.70. The van der Waals surface area contributed by atoms with Crippen molar-refractivity contribution in [3.05, 3.63) is 105 Å². The topological polar surface area (TPSA) is 89.7 Å². The second kappa shape index (κ2) is 17.6. The van der Waals surface area contributed by atoms with Crippen molar-refractivity contribution < 1.29 is 14.3 Å². The minimum Gasteiger partial charge on any atom is -0.493 e. The number of benzene rings is 3. The number of aromatic nitrogens is 1. The summed E-state index contributed by atoms with van der Waals surface area (Å²) >= 11 is 8.13. The van der Waals surface area contributed by atoms with E-state index >= 15 is 0 Å². The van der Waals surface area contributed by atoms with Crippen molar-refractivity contribution in [2.75, 3.05) is 51.1 Å². The SMILES string of the molecule is COc1cc2c(cc1OC)C(c1ccccc1)N(CCCCSCCC(=O)NCCCCC1=C[C@H]3Cc4nc5cc(Cl)ccc5c(N)c4[C@H](C1)C3)CC2. The first-order valence-electron chi connectivity index (χ1n) is 19.4. The number of nitrogen functional groups attached to an aromatic ring is 1. The summed E-state index contributed by atoms with van der Waals surface area (Å²) in [5, 5.41) is 4.87. The Morgan fingerprint density at radius 1 is 1.00 bits per heavy atom. The molecule has 3 atom stereocenters. The zero-order chi connectivity index (χ0) is 36.7. The molecule has 0 spiro atoms. The summed E-state index contributed by atoms with van der Waals surface area (Å²) in [7, 11) is 3.41. The molecule has 4 aromatic rings. The Bertz CT molecular complexity index is 1940. The average molecular weight is 753 g/mol. The molecular formula is C44H53ClN4O3S. The van der Waals surface area contributed by atoms with Gasteiger partial charge in [0.1, 0.15) is 0 Å². The van der Waals surface area contributed by atoms with Crippen LogP contribution in [0.3, 0.4) is 0 Å². The standard InChI is InChI=1S/C44H53ClN4O3S/c1-51-39-26-32-15-19-49(44(31-11-4-3-5-12-31)36(32)28-40(39)52-2)18-8-9-20-53-21-16-41(50)47-17-7-6-10-29-22-30-24-33(23-29)42-38(25-30)48-37-27-34(45)13-14-35(37)43(42)46/h3-5,11-14,22,26-28,30,33,44H,6-10,15-21,23-25H2,1-2H3,(H2,46,48)(H,47,50)/t30-,33-,44?/m1/s1. The number of hydrogen-bond donors (Lipinski definition) is 2. The maximum absolute atomic E-state index is 12.6. The molecule has 2 aliphatic carbocycles. The lowest BCUT2D eigenvalue weighted by Crippen LogP contribution is -2.37. The van der Waals surface area contributed by atoms with Gasteiger partial charge in [0.2, 0.25) is 5.91 Å². The summed E-state index contributed by atoms with van der Waals surface area (Å²) in [6, 6.07) is 21.2. The first-order chi connectivity index (χ1) is 25.9. The highest BCUT2D eigenvalue weighted by atomic mass is 35.5. The van der Waals surface area contributed by atoms with Gasteiger partial charge in [-0.3, -0.25) is 14.7 Å². The third-order valence-corrected chi connectivity index (χ3v) is 12.6. The van der Waals surface area contributed by atoms with E-state index in [-0.39, 0.29) is 11.9 Å². The fraction of sp³-hybridized carbons (Fsp3) is 0.455. The average Bonchev–Trinajstić information content (AvgIpc) is 3.16. The van der Waals surface area contributed by atoms with Gasteiger partial charge in [0.05, 0.1) is 25.8 Å². The molecule has 0 radical (unpaired) electrons. The van der Waals surface area contributed by atoms with Crippen molar-refractivity contribution in [3.8, 4) is 11.5 Å². The summed E-state index contributed by atoms with van der Waals surface area (Å²) in [6.45, 7) is 2.81. The second-order valence-electron chi connectivity index (χ2n) is 14.9. The minimum atomic E-state index is 0.168. The maximum atomic E-state index is 12.6. The lowest BCUT2D eigenvalue weighted by Gasteiger charge is -2.38. The van der Waals surface area contributed by atoms with Gasteiger partial charge in [-0.15, -0.1) is 0 Å². The number of thioether (sulfide) groups is 1. The number of nitrogens with zero attached hydrogens (tertiary/aromatic N) is 2. The number of anilines is 1. The number of pyridine rings is 1. The Morgan fingerprint density at radius 3 is 2.66 bits per heavy atom. The predicted octanol–water partition coefficient (Wildman–Crippen LogP) is 9.30. The van der Waals surface area contributed by atoms with E-state index in [9.17, 15) is 4.79 Å². The second-order valence-corrected chi connectivity index (χ2v) is 16.5. The lowest BCUT2D eigenvalue weighted by molar-refractivity contribution is -0.120. The fourth-order valence-electron chi connectivity index (χ4n) is 8.82. The van der Waals surface area contributed by atoms with E-state index in [1.54, 1.807) is 14.2 Å². The van der Waals surface area contributed by atoms with E-state index in [4.69, 9.17) is 31.8 Å². The summed E-state index contributed by atoms with van der Waals surface area (Å²) in [4.78, 5) is 20.2. The van der Waals surface area contributed by atoms with Crippen molar-refractivity contribution in [2.24, 2.45) is 5.92 Å². The van der Waals surface area contributed by atoms with Crippen LogP contribution in [0, 0.1) is 5.92 Å². The van der Waals surface area contributed by atoms with Gasteiger partial charge in [-0.25, -0.2) is 0 Å². The number of unbranched alkanes of at least 4 members (excludes halogenated alkanes) is 2. The number of amides is 1. The van der Waals surface area contributed by atoms with Crippen molar-refractivity contribution in [3.63, 3.8) is 0 Å². The molecule has 3 N–H and O–H groups in total. The molecule has 3 aromatic carbocycles. The van der Waals surface area contributed by atoms with E-state index < -0.39 is 0 Å². The molecule has 7 nitrogen and oxygen atoms in total. The molecule has 2 heterocycles. The van der Waals surface area contributed by atoms with Gasteiger partial charge in [0.25, 0.3) is 0 Å².